The second-order valence-corrected chi connectivity index (χ2v) is 7.45. The lowest BCUT2D eigenvalue weighted by Crippen LogP contribution is -2.40. The third-order valence-electron chi connectivity index (χ3n) is 4.08. The molecule has 0 aliphatic carbocycles. The Balaban J connectivity index is 1.52. The summed E-state index contributed by atoms with van der Waals surface area (Å²) in [4.78, 5) is 16.4. The summed E-state index contributed by atoms with van der Waals surface area (Å²) in [5.74, 6) is 0.482. The van der Waals surface area contributed by atoms with Crippen molar-refractivity contribution < 1.29 is 9.90 Å². The second-order valence-electron chi connectivity index (χ2n) is 5.43. The minimum Gasteiger partial charge on any atom is -0.387 e. The first-order valence-corrected chi connectivity index (χ1v) is 9.01. The van der Waals surface area contributed by atoms with E-state index >= 15 is 0 Å². The Morgan fingerprint density at radius 3 is 2.57 bits per heavy atom. The molecule has 0 aromatic carbocycles. The lowest BCUT2D eigenvalue weighted by molar-refractivity contribution is -0.132. The first-order valence-electron chi connectivity index (χ1n) is 7.25. The number of carbonyl (C=O) groups is 1. The molecule has 5 heteroatoms. The minimum atomic E-state index is -0.375. The van der Waals surface area contributed by atoms with Crippen molar-refractivity contribution in [2.75, 3.05) is 13.1 Å². The van der Waals surface area contributed by atoms with Gasteiger partial charge in [-0.15, -0.1) is 22.7 Å². The van der Waals surface area contributed by atoms with Crippen LogP contribution in [0.5, 0.6) is 0 Å². The van der Waals surface area contributed by atoms with Gasteiger partial charge in [-0.25, -0.2) is 0 Å². The SMILES string of the molecule is O=C(Cc1cccs1)N1CCC(C(O)c2cccs2)CC1. The number of thiophene rings is 2. The molecule has 0 bridgehead atoms. The second kappa shape index (κ2) is 6.73. The normalized spacial score (nSPS) is 17.9. The van der Waals surface area contributed by atoms with Crippen molar-refractivity contribution in [1.82, 2.24) is 4.90 Å². The van der Waals surface area contributed by atoms with Gasteiger partial charge in [0.1, 0.15) is 0 Å². The maximum atomic E-state index is 12.2. The summed E-state index contributed by atoms with van der Waals surface area (Å²) in [6.07, 6.45) is 1.90. The number of rotatable bonds is 4. The van der Waals surface area contributed by atoms with E-state index in [-0.39, 0.29) is 17.9 Å². The number of amides is 1. The van der Waals surface area contributed by atoms with E-state index in [4.69, 9.17) is 0 Å². The first-order chi connectivity index (χ1) is 10.2. The van der Waals surface area contributed by atoms with Crippen LogP contribution in [0.2, 0.25) is 0 Å². The molecule has 1 aliphatic rings. The van der Waals surface area contributed by atoms with Crippen LogP contribution in [0.1, 0.15) is 28.7 Å². The van der Waals surface area contributed by atoms with Crippen molar-refractivity contribution in [3.8, 4) is 0 Å². The highest BCUT2D eigenvalue weighted by Gasteiger charge is 2.28. The van der Waals surface area contributed by atoms with Gasteiger partial charge >= 0.3 is 0 Å². The van der Waals surface area contributed by atoms with Gasteiger partial charge in [0.15, 0.2) is 0 Å². The summed E-state index contributed by atoms with van der Waals surface area (Å²) in [6.45, 7) is 1.52. The number of piperidine rings is 1. The average Bonchev–Trinajstić information content (AvgIpc) is 3.20. The quantitative estimate of drug-likeness (QED) is 0.938. The highest BCUT2D eigenvalue weighted by Crippen LogP contribution is 2.33. The van der Waals surface area contributed by atoms with Gasteiger partial charge in [0, 0.05) is 22.8 Å². The molecular formula is C16H19NO2S2. The summed E-state index contributed by atoms with van der Waals surface area (Å²) < 4.78 is 0. The number of nitrogens with zero attached hydrogens (tertiary/aromatic N) is 1. The van der Waals surface area contributed by atoms with Crippen LogP contribution in [0.15, 0.2) is 35.0 Å². The first kappa shape index (κ1) is 14.8. The largest absolute Gasteiger partial charge is 0.387 e. The van der Waals surface area contributed by atoms with Crippen LogP contribution in [0.25, 0.3) is 0 Å². The van der Waals surface area contributed by atoms with Crippen molar-refractivity contribution in [2.45, 2.75) is 25.4 Å². The van der Waals surface area contributed by atoms with Crippen LogP contribution in [-0.2, 0) is 11.2 Å². The van der Waals surface area contributed by atoms with E-state index in [9.17, 15) is 9.90 Å². The van der Waals surface area contributed by atoms with Gasteiger partial charge < -0.3 is 10.0 Å². The van der Waals surface area contributed by atoms with Gasteiger partial charge in [-0.05, 0) is 41.7 Å². The summed E-state index contributed by atoms with van der Waals surface area (Å²) in [5, 5.41) is 14.4. The van der Waals surface area contributed by atoms with Crippen molar-refractivity contribution in [3.63, 3.8) is 0 Å². The maximum Gasteiger partial charge on any atom is 0.227 e. The van der Waals surface area contributed by atoms with Gasteiger partial charge in [-0.2, -0.15) is 0 Å². The molecule has 1 unspecified atom stereocenters. The molecule has 2 aromatic heterocycles. The van der Waals surface area contributed by atoms with Crippen LogP contribution in [0, 0.1) is 5.92 Å². The van der Waals surface area contributed by atoms with Crippen LogP contribution in [0.4, 0.5) is 0 Å². The molecule has 1 N–H and O–H groups in total. The van der Waals surface area contributed by atoms with E-state index in [0.29, 0.717) is 6.42 Å². The van der Waals surface area contributed by atoms with Crippen molar-refractivity contribution in [3.05, 3.63) is 44.8 Å². The van der Waals surface area contributed by atoms with Gasteiger partial charge in [0.05, 0.1) is 12.5 Å². The fourth-order valence-electron chi connectivity index (χ4n) is 2.83. The smallest absolute Gasteiger partial charge is 0.227 e. The lowest BCUT2D eigenvalue weighted by atomic mass is 9.90. The van der Waals surface area contributed by atoms with E-state index in [2.05, 4.69) is 0 Å². The number of aliphatic hydroxyl groups is 1. The molecule has 1 fully saturated rings. The minimum absolute atomic E-state index is 0.210. The summed E-state index contributed by atoms with van der Waals surface area (Å²) in [5.41, 5.74) is 0. The highest BCUT2D eigenvalue weighted by molar-refractivity contribution is 7.10. The molecule has 1 amide bonds. The third kappa shape index (κ3) is 3.54. The molecule has 2 aromatic rings. The molecule has 3 rings (SSSR count). The number of aliphatic hydroxyl groups excluding tert-OH is 1. The zero-order valence-electron chi connectivity index (χ0n) is 11.8. The monoisotopic (exact) mass is 321 g/mol. The molecule has 112 valence electrons. The van der Waals surface area contributed by atoms with Crippen LogP contribution in [-0.4, -0.2) is 29.0 Å². The van der Waals surface area contributed by atoms with Crippen LogP contribution in [0.3, 0.4) is 0 Å². The zero-order chi connectivity index (χ0) is 14.7. The predicted octanol–water partition coefficient (Wildman–Crippen LogP) is 3.32. The van der Waals surface area contributed by atoms with Crippen molar-refractivity contribution in [1.29, 1.82) is 0 Å². The van der Waals surface area contributed by atoms with Crippen molar-refractivity contribution in [2.24, 2.45) is 5.92 Å². The van der Waals surface area contributed by atoms with E-state index in [1.807, 2.05) is 39.9 Å². The Hall–Kier alpha value is -1.17. The van der Waals surface area contributed by atoms with E-state index in [1.165, 1.54) is 0 Å². The van der Waals surface area contributed by atoms with Crippen molar-refractivity contribution >= 4 is 28.6 Å². The maximum absolute atomic E-state index is 12.2. The van der Waals surface area contributed by atoms with E-state index in [0.717, 1.165) is 35.7 Å². The molecule has 1 aliphatic heterocycles. The van der Waals surface area contributed by atoms with Gasteiger partial charge in [0.25, 0.3) is 0 Å². The predicted molar refractivity (Wildman–Crippen MR) is 86.6 cm³/mol. The van der Waals surface area contributed by atoms with E-state index < -0.39 is 0 Å². The molecule has 21 heavy (non-hydrogen) atoms. The fraction of sp³-hybridized carbons (Fsp3) is 0.438. The van der Waals surface area contributed by atoms with E-state index in [1.54, 1.807) is 22.7 Å². The lowest BCUT2D eigenvalue weighted by Gasteiger charge is -2.34. The molecule has 1 saturated heterocycles. The molecule has 3 heterocycles. The van der Waals surface area contributed by atoms with Gasteiger partial charge in [0.2, 0.25) is 5.91 Å². The third-order valence-corrected chi connectivity index (χ3v) is 5.90. The fourth-order valence-corrected chi connectivity index (χ4v) is 4.33. The van der Waals surface area contributed by atoms with Gasteiger partial charge in [-0.1, -0.05) is 12.1 Å². The molecule has 0 spiro atoms. The Morgan fingerprint density at radius 2 is 1.95 bits per heavy atom. The molecule has 1 atom stereocenters. The molecule has 3 nitrogen and oxygen atoms in total. The Bertz CT molecular complexity index is 557. The van der Waals surface area contributed by atoms with Gasteiger partial charge in [-0.3, -0.25) is 4.79 Å². The molecule has 0 radical (unpaired) electrons. The summed E-state index contributed by atoms with van der Waals surface area (Å²) >= 11 is 3.24. The number of hydrogen-bond donors (Lipinski definition) is 1. The number of likely N-dealkylation sites (tertiary alicyclic amines) is 1. The Kier molecular flexibility index (Phi) is 4.73. The average molecular weight is 321 g/mol. The highest BCUT2D eigenvalue weighted by atomic mass is 32.1. The summed E-state index contributed by atoms with van der Waals surface area (Å²) in [7, 11) is 0. The topological polar surface area (TPSA) is 40.5 Å². The molecular weight excluding hydrogens is 302 g/mol. The Labute approximate surface area is 132 Å². The summed E-state index contributed by atoms with van der Waals surface area (Å²) in [6, 6.07) is 7.96. The standard InChI is InChI=1S/C16H19NO2S2/c18-15(11-13-3-1-9-20-13)17-7-5-12(6-8-17)16(19)14-4-2-10-21-14/h1-4,9-10,12,16,19H,5-8,11H2. The Morgan fingerprint density at radius 1 is 1.24 bits per heavy atom. The number of hydrogen-bond acceptors (Lipinski definition) is 4. The van der Waals surface area contributed by atoms with Crippen LogP contribution < -0.4 is 0 Å². The van der Waals surface area contributed by atoms with Crippen LogP contribution >= 0.6 is 22.7 Å². The zero-order valence-corrected chi connectivity index (χ0v) is 13.4. The molecule has 0 saturated carbocycles. The number of carbonyl (C=O) groups excluding carboxylic acids is 1.